The molecule has 0 amide bonds. The van der Waals surface area contributed by atoms with Gasteiger partial charge in [-0.1, -0.05) is 35.5 Å². The summed E-state index contributed by atoms with van der Waals surface area (Å²) in [7, 11) is 1.17. The molecule has 0 unspecified atom stereocenters. The maximum Gasteiger partial charge on any atom is 0.417 e. The maximum absolute atomic E-state index is 13.3. The fourth-order valence-corrected chi connectivity index (χ4v) is 3.33. The molecule has 0 aromatic heterocycles. The second kappa shape index (κ2) is 7.27. The van der Waals surface area contributed by atoms with Gasteiger partial charge in [0.15, 0.2) is 6.29 Å². The average Bonchev–Trinajstić information content (AvgIpc) is 2.54. The van der Waals surface area contributed by atoms with E-state index < -0.39 is 17.7 Å². The zero-order chi connectivity index (χ0) is 17.9. The van der Waals surface area contributed by atoms with Gasteiger partial charge in [-0.25, -0.2) is 4.79 Å². The number of carbonyl (C=O) groups excluding carboxylic acids is 2. The summed E-state index contributed by atoms with van der Waals surface area (Å²) in [6.45, 7) is 0. The molecule has 0 saturated heterocycles. The predicted octanol–water partition coefficient (Wildman–Crippen LogP) is 5.11. The van der Waals surface area contributed by atoms with Crippen LogP contribution in [0.25, 0.3) is 0 Å². The van der Waals surface area contributed by atoms with Gasteiger partial charge in [0.2, 0.25) is 0 Å². The average molecular weight is 375 g/mol. The van der Waals surface area contributed by atoms with Crippen LogP contribution >= 0.6 is 23.4 Å². The van der Waals surface area contributed by atoms with Crippen LogP contribution < -0.4 is 0 Å². The van der Waals surface area contributed by atoms with Crippen LogP contribution in [0.3, 0.4) is 0 Å². The Kier molecular flexibility index (Phi) is 5.56. The molecule has 3 nitrogen and oxygen atoms in total. The smallest absolute Gasteiger partial charge is 0.417 e. The van der Waals surface area contributed by atoms with Crippen molar-refractivity contribution in [3.8, 4) is 0 Å². The molecule has 24 heavy (non-hydrogen) atoms. The van der Waals surface area contributed by atoms with Crippen molar-refractivity contribution >= 4 is 35.6 Å². The topological polar surface area (TPSA) is 43.4 Å². The van der Waals surface area contributed by atoms with Crippen molar-refractivity contribution in [2.45, 2.75) is 16.0 Å². The Morgan fingerprint density at radius 2 is 1.92 bits per heavy atom. The molecule has 2 aromatic carbocycles. The van der Waals surface area contributed by atoms with Gasteiger partial charge in [-0.05, 0) is 24.3 Å². The second-order valence-electron chi connectivity index (χ2n) is 4.58. The highest BCUT2D eigenvalue weighted by Gasteiger charge is 2.35. The van der Waals surface area contributed by atoms with Crippen molar-refractivity contribution in [1.82, 2.24) is 0 Å². The Morgan fingerprint density at radius 3 is 2.50 bits per heavy atom. The largest absolute Gasteiger partial charge is 0.465 e. The van der Waals surface area contributed by atoms with Gasteiger partial charge >= 0.3 is 12.1 Å². The summed E-state index contributed by atoms with van der Waals surface area (Å²) < 4.78 is 44.5. The van der Waals surface area contributed by atoms with Gasteiger partial charge in [0, 0.05) is 20.4 Å². The Labute approximate surface area is 144 Å². The minimum absolute atomic E-state index is 0.102. The van der Waals surface area contributed by atoms with Crippen LogP contribution in [0.1, 0.15) is 26.3 Å². The first kappa shape index (κ1) is 18.4. The van der Waals surface area contributed by atoms with Crippen LogP contribution in [0, 0.1) is 0 Å². The quantitative estimate of drug-likeness (QED) is 0.551. The lowest BCUT2D eigenvalue weighted by atomic mass is 10.1. The fourth-order valence-electron chi connectivity index (χ4n) is 1.97. The monoisotopic (exact) mass is 374 g/mol. The molecule has 126 valence electrons. The molecule has 0 bridgehead atoms. The standard InChI is InChI=1S/C16H10ClF3O3S/c1-23-15(22)11-4-2-3-5-13(11)24-14-9(8-21)6-10(17)7-12(14)16(18,19)20/h2-8H,1H3. The number of halogens is 4. The van der Waals surface area contributed by atoms with E-state index in [1.54, 1.807) is 12.1 Å². The van der Waals surface area contributed by atoms with Gasteiger partial charge in [0.25, 0.3) is 0 Å². The van der Waals surface area contributed by atoms with Gasteiger partial charge in [-0.3, -0.25) is 4.79 Å². The third kappa shape index (κ3) is 3.91. The summed E-state index contributed by atoms with van der Waals surface area (Å²) in [5.41, 5.74) is -1.15. The van der Waals surface area contributed by atoms with Crippen LogP contribution in [0.2, 0.25) is 5.02 Å². The molecule has 0 radical (unpaired) electrons. The number of alkyl halides is 3. The van der Waals surface area contributed by atoms with Crippen LogP contribution in [0.15, 0.2) is 46.2 Å². The fraction of sp³-hybridized carbons (Fsp3) is 0.125. The molecule has 8 heteroatoms. The highest BCUT2D eigenvalue weighted by molar-refractivity contribution is 7.99. The Balaban J connectivity index is 2.62. The zero-order valence-electron chi connectivity index (χ0n) is 12.2. The predicted molar refractivity (Wildman–Crippen MR) is 83.7 cm³/mol. The third-order valence-electron chi connectivity index (χ3n) is 3.02. The molecule has 0 fully saturated rings. The normalized spacial score (nSPS) is 11.2. The van der Waals surface area contributed by atoms with E-state index in [4.69, 9.17) is 11.6 Å². The number of hydrogen-bond acceptors (Lipinski definition) is 4. The van der Waals surface area contributed by atoms with Crippen molar-refractivity contribution in [3.63, 3.8) is 0 Å². The van der Waals surface area contributed by atoms with E-state index >= 15 is 0 Å². The summed E-state index contributed by atoms with van der Waals surface area (Å²) in [6, 6.07) is 7.92. The lowest BCUT2D eigenvalue weighted by molar-refractivity contribution is -0.139. The van der Waals surface area contributed by atoms with E-state index in [0.29, 0.717) is 18.0 Å². The van der Waals surface area contributed by atoms with Crippen molar-refractivity contribution < 1.29 is 27.5 Å². The van der Waals surface area contributed by atoms with Crippen LogP contribution in [0.4, 0.5) is 13.2 Å². The van der Waals surface area contributed by atoms with E-state index in [1.807, 2.05) is 0 Å². The summed E-state index contributed by atoms with van der Waals surface area (Å²) in [6.07, 6.45) is -4.41. The zero-order valence-corrected chi connectivity index (χ0v) is 13.8. The molecule has 0 atom stereocenters. The summed E-state index contributed by atoms with van der Waals surface area (Å²) in [5.74, 6) is -0.687. The molecule has 0 aliphatic rings. The number of benzene rings is 2. The van der Waals surface area contributed by atoms with Crippen molar-refractivity contribution in [2.24, 2.45) is 0 Å². The van der Waals surface area contributed by atoms with Crippen LogP contribution in [-0.4, -0.2) is 19.4 Å². The van der Waals surface area contributed by atoms with Gasteiger partial charge < -0.3 is 4.74 Å². The minimum atomic E-state index is -4.70. The molecular weight excluding hydrogens is 365 g/mol. The number of aldehydes is 1. The van der Waals surface area contributed by atoms with Gasteiger partial charge in [0.05, 0.1) is 18.2 Å². The third-order valence-corrected chi connectivity index (χ3v) is 4.47. The molecule has 0 spiro atoms. The highest BCUT2D eigenvalue weighted by atomic mass is 35.5. The molecule has 0 aliphatic heterocycles. The Bertz CT molecular complexity index is 791. The van der Waals surface area contributed by atoms with Crippen molar-refractivity contribution in [1.29, 1.82) is 0 Å². The number of hydrogen-bond donors (Lipinski definition) is 0. The number of ether oxygens (including phenoxy) is 1. The van der Waals surface area contributed by atoms with E-state index in [2.05, 4.69) is 4.74 Å². The van der Waals surface area contributed by atoms with Gasteiger partial charge in [-0.2, -0.15) is 13.2 Å². The van der Waals surface area contributed by atoms with Crippen molar-refractivity contribution in [2.75, 3.05) is 7.11 Å². The summed E-state index contributed by atoms with van der Waals surface area (Å²) >= 11 is 6.33. The van der Waals surface area contributed by atoms with Crippen LogP contribution in [-0.2, 0) is 10.9 Å². The minimum Gasteiger partial charge on any atom is -0.465 e. The second-order valence-corrected chi connectivity index (χ2v) is 6.07. The molecule has 2 rings (SSSR count). The first-order chi connectivity index (χ1) is 11.3. The maximum atomic E-state index is 13.3. The summed E-state index contributed by atoms with van der Waals surface area (Å²) in [5, 5.41) is -0.199. The van der Waals surface area contributed by atoms with Gasteiger partial charge in [0.1, 0.15) is 0 Å². The highest BCUT2D eigenvalue weighted by Crippen LogP contribution is 2.43. The number of rotatable bonds is 4. The first-order valence-electron chi connectivity index (χ1n) is 6.49. The molecule has 0 heterocycles. The molecular formula is C16H10ClF3O3S. The Morgan fingerprint density at radius 1 is 1.25 bits per heavy atom. The lowest BCUT2D eigenvalue weighted by Gasteiger charge is -2.16. The SMILES string of the molecule is COC(=O)c1ccccc1Sc1c(C=O)cc(Cl)cc1C(F)(F)F. The lowest BCUT2D eigenvalue weighted by Crippen LogP contribution is -2.09. The first-order valence-corrected chi connectivity index (χ1v) is 7.68. The van der Waals surface area contributed by atoms with Crippen molar-refractivity contribution in [3.05, 3.63) is 58.1 Å². The number of methoxy groups -OCH3 is 1. The van der Waals surface area contributed by atoms with Gasteiger partial charge in [-0.15, -0.1) is 0 Å². The van der Waals surface area contributed by atoms with E-state index in [9.17, 15) is 22.8 Å². The number of esters is 1. The molecule has 0 saturated carbocycles. The Hall–Kier alpha value is -1.99. The van der Waals surface area contributed by atoms with Crippen LogP contribution in [0.5, 0.6) is 0 Å². The van der Waals surface area contributed by atoms with E-state index in [1.165, 1.54) is 19.2 Å². The molecule has 0 aliphatic carbocycles. The van der Waals surface area contributed by atoms with E-state index in [-0.39, 0.29) is 25.9 Å². The number of carbonyl (C=O) groups is 2. The summed E-state index contributed by atoms with van der Waals surface area (Å²) in [4.78, 5) is 22.9. The molecule has 0 N–H and O–H groups in total. The molecule has 2 aromatic rings. The van der Waals surface area contributed by atoms with E-state index in [0.717, 1.165) is 12.1 Å².